The van der Waals surface area contributed by atoms with Crippen molar-refractivity contribution in [3.63, 3.8) is 0 Å². The summed E-state index contributed by atoms with van der Waals surface area (Å²) in [5.74, 6) is -0.964. The monoisotopic (exact) mass is 533 g/mol. The van der Waals surface area contributed by atoms with E-state index >= 15 is 0 Å². The maximum Gasteiger partial charge on any atom is 0.264 e. The van der Waals surface area contributed by atoms with Gasteiger partial charge in [0, 0.05) is 30.5 Å². The number of carbonyl (C=O) groups is 2. The lowest BCUT2D eigenvalue weighted by molar-refractivity contribution is -0.137. The van der Waals surface area contributed by atoms with Gasteiger partial charge in [0.1, 0.15) is 6.04 Å². The molecule has 0 spiro atoms. The third kappa shape index (κ3) is 6.09. The summed E-state index contributed by atoms with van der Waals surface area (Å²) in [6.07, 6.45) is 4.22. The van der Waals surface area contributed by atoms with E-state index in [0.29, 0.717) is 42.1 Å². The number of amides is 2. The average Bonchev–Trinajstić information content (AvgIpc) is 2.75. The first-order chi connectivity index (χ1) is 15.8. The minimum absolute atomic E-state index is 0.00677. The van der Waals surface area contributed by atoms with E-state index in [1.807, 2.05) is 0 Å². The number of likely N-dealkylation sites (tertiary alicyclic amines) is 1. The number of halogens is 1. The molecular weight excluding hydrogens is 506 g/mol. The molecule has 34 heavy (non-hydrogen) atoms. The number of aryl methyl sites for hydroxylation is 2. The summed E-state index contributed by atoms with van der Waals surface area (Å²) in [5, 5.41) is 2.91. The molecule has 13 heteroatoms. The Morgan fingerprint density at radius 2 is 1.79 bits per heavy atom. The highest BCUT2D eigenvalue weighted by Crippen LogP contribution is 2.29. The van der Waals surface area contributed by atoms with Gasteiger partial charge in [-0.25, -0.2) is 8.42 Å². The fourth-order valence-electron chi connectivity index (χ4n) is 3.95. The Hall–Kier alpha value is -2.15. The minimum Gasteiger partial charge on any atom is -0.343 e. The molecule has 1 aromatic carbocycles. The Morgan fingerprint density at radius 3 is 2.41 bits per heavy atom. The smallest absolute Gasteiger partial charge is 0.264 e. The van der Waals surface area contributed by atoms with Gasteiger partial charge in [-0.3, -0.25) is 18.1 Å². The van der Waals surface area contributed by atoms with Crippen molar-refractivity contribution in [1.82, 2.24) is 14.5 Å². The zero-order chi connectivity index (χ0) is 25.3. The molecule has 1 saturated heterocycles. The molecule has 1 aromatic rings. The Bertz CT molecular complexity index is 1210. The summed E-state index contributed by atoms with van der Waals surface area (Å²) in [5.41, 5.74) is 1.00. The van der Waals surface area contributed by atoms with E-state index in [-0.39, 0.29) is 29.7 Å². The molecule has 0 bridgehead atoms. The molecule has 2 heterocycles. The summed E-state index contributed by atoms with van der Waals surface area (Å²) in [4.78, 5) is 27.1. The first-order valence-electron chi connectivity index (χ1n) is 10.7. The van der Waals surface area contributed by atoms with Crippen molar-refractivity contribution in [2.45, 2.75) is 44.0 Å². The van der Waals surface area contributed by atoms with Crippen LogP contribution >= 0.6 is 11.6 Å². The zero-order valence-corrected chi connectivity index (χ0v) is 21.5. The normalized spacial score (nSPS) is 19.9. The molecule has 1 unspecified atom stereocenters. The van der Waals surface area contributed by atoms with Crippen molar-refractivity contribution in [2.75, 3.05) is 26.0 Å². The van der Waals surface area contributed by atoms with Crippen molar-refractivity contribution in [3.05, 3.63) is 40.7 Å². The first kappa shape index (κ1) is 26.5. The SMILES string of the molecule is Cc1cc(S(=O)(=O)N2C=CNC(=O)C2CC(=O)N2CCC(COS(C)(=O)=O)CC2)c(C)cc1Cl. The van der Waals surface area contributed by atoms with Crippen LogP contribution in [0.1, 0.15) is 30.4 Å². The lowest BCUT2D eigenvalue weighted by Gasteiger charge is -2.35. The fourth-order valence-corrected chi connectivity index (χ4v) is 6.35. The topological polar surface area (TPSA) is 130 Å². The molecule has 3 rings (SSSR count). The number of piperidine rings is 1. The first-order valence-corrected chi connectivity index (χ1v) is 14.3. The van der Waals surface area contributed by atoms with E-state index < -0.39 is 32.1 Å². The van der Waals surface area contributed by atoms with Crippen molar-refractivity contribution >= 4 is 43.6 Å². The van der Waals surface area contributed by atoms with Crippen LogP contribution in [-0.2, 0) is 33.9 Å². The maximum absolute atomic E-state index is 13.4. The van der Waals surface area contributed by atoms with Gasteiger partial charge in [-0.2, -0.15) is 8.42 Å². The van der Waals surface area contributed by atoms with Gasteiger partial charge in [0.15, 0.2) is 0 Å². The molecule has 10 nitrogen and oxygen atoms in total. The number of benzene rings is 1. The van der Waals surface area contributed by atoms with Crippen molar-refractivity contribution in [2.24, 2.45) is 5.92 Å². The van der Waals surface area contributed by atoms with Crippen LogP contribution in [-0.4, -0.2) is 69.8 Å². The van der Waals surface area contributed by atoms with E-state index in [4.69, 9.17) is 15.8 Å². The van der Waals surface area contributed by atoms with Gasteiger partial charge in [-0.15, -0.1) is 0 Å². The average molecular weight is 534 g/mol. The van der Waals surface area contributed by atoms with Gasteiger partial charge in [0.05, 0.1) is 24.2 Å². The van der Waals surface area contributed by atoms with Gasteiger partial charge >= 0.3 is 0 Å². The molecule has 188 valence electrons. The van der Waals surface area contributed by atoms with Gasteiger partial charge in [-0.05, 0) is 55.9 Å². The number of nitrogens with zero attached hydrogens (tertiary/aromatic N) is 2. The van der Waals surface area contributed by atoms with Crippen LogP contribution in [0.2, 0.25) is 5.02 Å². The third-order valence-electron chi connectivity index (χ3n) is 5.92. The van der Waals surface area contributed by atoms with E-state index in [1.54, 1.807) is 24.8 Å². The second-order valence-corrected chi connectivity index (χ2v) is 12.4. The molecule has 0 saturated carbocycles. The Morgan fingerprint density at radius 1 is 1.15 bits per heavy atom. The molecule has 0 radical (unpaired) electrons. The molecule has 0 aliphatic carbocycles. The minimum atomic E-state index is -4.14. The van der Waals surface area contributed by atoms with Gasteiger partial charge in [-0.1, -0.05) is 11.6 Å². The van der Waals surface area contributed by atoms with E-state index in [1.165, 1.54) is 18.5 Å². The van der Waals surface area contributed by atoms with E-state index in [2.05, 4.69) is 5.32 Å². The van der Waals surface area contributed by atoms with Crippen LogP contribution in [0.15, 0.2) is 29.4 Å². The van der Waals surface area contributed by atoms with Crippen LogP contribution in [0.5, 0.6) is 0 Å². The molecular formula is C21H28ClN3O7S2. The second kappa shape index (κ2) is 10.2. The summed E-state index contributed by atoms with van der Waals surface area (Å²) >= 11 is 6.11. The molecule has 1 fully saturated rings. The highest BCUT2D eigenvalue weighted by molar-refractivity contribution is 7.89. The summed E-state index contributed by atoms with van der Waals surface area (Å²) in [6, 6.07) is 1.76. The highest BCUT2D eigenvalue weighted by Gasteiger charge is 2.39. The van der Waals surface area contributed by atoms with Crippen LogP contribution in [0.25, 0.3) is 0 Å². The Balaban J connectivity index is 1.73. The number of hydrogen-bond donors (Lipinski definition) is 1. The van der Waals surface area contributed by atoms with Crippen LogP contribution in [0.3, 0.4) is 0 Å². The Kier molecular flexibility index (Phi) is 7.96. The van der Waals surface area contributed by atoms with Crippen LogP contribution in [0.4, 0.5) is 0 Å². The molecule has 1 atom stereocenters. The van der Waals surface area contributed by atoms with Crippen molar-refractivity contribution in [1.29, 1.82) is 0 Å². The lowest BCUT2D eigenvalue weighted by Crippen LogP contribution is -2.52. The third-order valence-corrected chi connectivity index (χ3v) is 8.82. The predicted octanol–water partition coefficient (Wildman–Crippen LogP) is 1.52. The second-order valence-electron chi connectivity index (χ2n) is 8.56. The fraction of sp³-hybridized carbons (Fsp3) is 0.524. The van der Waals surface area contributed by atoms with E-state index in [0.717, 1.165) is 10.6 Å². The highest BCUT2D eigenvalue weighted by atomic mass is 35.5. The molecule has 0 aromatic heterocycles. The number of hydrogen-bond acceptors (Lipinski definition) is 7. The lowest BCUT2D eigenvalue weighted by atomic mass is 9.97. The van der Waals surface area contributed by atoms with Crippen molar-refractivity contribution < 1.29 is 30.6 Å². The van der Waals surface area contributed by atoms with Gasteiger partial charge in [0.2, 0.25) is 11.8 Å². The quantitative estimate of drug-likeness (QED) is 0.526. The maximum atomic E-state index is 13.4. The molecule has 2 amide bonds. The molecule has 2 aliphatic rings. The number of carbonyl (C=O) groups excluding carboxylic acids is 2. The standard InChI is InChI=1S/C21H28ClN3O7S2/c1-14-11-19(15(2)10-17(14)22)34(30,31)25-9-6-23-21(27)18(25)12-20(26)24-7-4-16(5-8-24)13-32-33(3,28)29/h6,9-11,16,18H,4-5,7-8,12-13H2,1-3H3,(H,23,27). The summed E-state index contributed by atoms with van der Waals surface area (Å²) in [6.45, 7) is 4.09. The number of rotatable bonds is 7. The van der Waals surface area contributed by atoms with E-state index in [9.17, 15) is 26.4 Å². The van der Waals surface area contributed by atoms with Crippen LogP contribution in [0, 0.1) is 19.8 Å². The van der Waals surface area contributed by atoms with Crippen molar-refractivity contribution in [3.8, 4) is 0 Å². The number of nitrogens with one attached hydrogen (secondary N) is 1. The van der Waals surface area contributed by atoms with Gasteiger partial charge in [0.25, 0.3) is 20.1 Å². The number of sulfonamides is 1. The molecule has 1 N–H and O–H groups in total. The van der Waals surface area contributed by atoms with Crippen LogP contribution < -0.4 is 5.32 Å². The summed E-state index contributed by atoms with van der Waals surface area (Å²) in [7, 11) is -7.67. The Labute approximate surface area is 205 Å². The predicted molar refractivity (Wildman–Crippen MR) is 126 cm³/mol. The zero-order valence-electron chi connectivity index (χ0n) is 19.2. The van der Waals surface area contributed by atoms with Gasteiger partial charge < -0.3 is 10.2 Å². The largest absolute Gasteiger partial charge is 0.343 e. The molecule has 2 aliphatic heterocycles. The summed E-state index contributed by atoms with van der Waals surface area (Å²) < 4.78 is 55.0.